The van der Waals surface area contributed by atoms with E-state index in [2.05, 4.69) is 60.1 Å². The largest absolute Gasteiger partial charge is 0.264 e. The first-order chi connectivity index (χ1) is 13.6. The third-order valence-electron chi connectivity index (χ3n) is 8.08. The molecular weight excluding hydrogens is 340 g/mol. The van der Waals surface area contributed by atoms with Gasteiger partial charge in [-0.05, 0) is 97.3 Å². The van der Waals surface area contributed by atoms with E-state index in [-0.39, 0.29) is 0 Å². The molecule has 4 fully saturated rings. The third kappa shape index (κ3) is 2.40. The van der Waals surface area contributed by atoms with Crippen molar-refractivity contribution in [1.82, 2.24) is 4.98 Å². The Morgan fingerprint density at radius 1 is 0.964 bits per heavy atom. The van der Waals surface area contributed by atoms with Crippen molar-refractivity contribution in [3.8, 4) is 11.3 Å². The van der Waals surface area contributed by atoms with E-state index in [1.807, 2.05) is 12.4 Å². The maximum atomic E-state index is 4.40. The molecule has 2 heterocycles. The Morgan fingerprint density at radius 2 is 1.68 bits per heavy atom. The second-order valence-electron chi connectivity index (χ2n) is 9.97. The molecule has 0 N–H and O–H groups in total. The molecule has 4 saturated carbocycles. The van der Waals surface area contributed by atoms with Gasteiger partial charge in [-0.25, -0.2) is 4.57 Å². The van der Waals surface area contributed by atoms with E-state index in [9.17, 15) is 0 Å². The number of fused-ring (bicyclic) bond motifs is 1. The highest BCUT2D eigenvalue weighted by Crippen LogP contribution is 2.60. The van der Waals surface area contributed by atoms with Crippen LogP contribution in [0.15, 0.2) is 48.9 Å². The SMILES string of the molecule is Cc1ccncc1-c1c2ccc(C34CC5CC(CC(C5)C3)C4)cc2cc[n+]1C. The molecular formula is C26H29N2+. The van der Waals surface area contributed by atoms with Crippen LogP contribution in [-0.2, 0) is 12.5 Å². The molecule has 28 heavy (non-hydrogen) atoms. The van der Waals surface area contributed by atoms with Crippen molar-refractivity contribution in [2.45, 2.75) is 50.9 Å². The van der Waals surface area contributed by atoms with Crippen LogP contribution in [0.25, 0.3) is 22.0 Å². The molecule has 142 valence electrons. The Labute approximate surface area is 167 Å². The number of hydrogen-bond acceptors (Lipinski definition) is 1. The lowest BCUT2D eigenvalue weighted by molar-refractivity contribution is -0.659. The molecule has 3 aromatic rings. The minimum absolute atomic E-state index is 0.464. The molecule has 0 saturated heterocycles. The van der Waals surface area contributed by atoms with Gasteiger partial charge in [0.2, 0.25) is 5.69 Å². The van der Waals surface area contributed by atoms with Gasteiger partial charge in [0, 0.05) is 18.5 Å². The van der Waals surface area contributed by atoms with Crippen molar-refractivity contribution in [1.29, 1.82) is 0 Å². The van der Waals surface area contributed by atoms with E-state index >= 15 is 0 Å². The first-order valence-corrected chi connectivity index (χ1v) is 11.0. The van der Waals surface area contributed by atoms with Crippen LogP contribution >= 0.6 is 0 Å². The summed E-state index contributed by atoms with van der Waals surface area (Å²) >= 11 is 0. The van der Waals surface area contributed by atoms with Gasteiger partial charge in [0.1, 0.15) is 7.05 Å². The summed E-state index contributed by atoms with van der Waals surface area (Å²) in [6, 6.07) is 11.8. The van der Waals surface area contributed by atoms with Gasteiger partial charge in [0.25, 0.3) is 0 Å². The minimum atomic E-state index is 0.464. The summed E-state index contributed by atoms with van der Waals surface area (Å²) in [5, 5.41) is 2.72. The second-order valence-corrected chi connectivity index (χ2v) is 9.97. The predicted octanol–water partition coefficient (Wildman–Crippen LogP) is 5.50. The van der Waals surface area contributed by atoms with Gasteiger partial charge in [-0.2, -0.15) is 0 Å². The lowest BCUT2D eigenvalue weighted by Crippen LogP contribution is -2.48. The zero-order valence-corrected chi connectivity index (χ0v) is 17.0. The third-order valence-corrected chi connectivity index (χ3v) is 8.08. The van der Waals surface area contributed by atoms with Crippen LogP contribution in [0.4, 0.5) is 0 Å². The molecule has 4 aliphatic rings. The summed E-state index contributed by atoms with van der Waals surface area (Å²) in [5.41, 5.74) is 5.87. The monoisotopic (exact) mass is 369 g/mol. The van der Waals surface area contributed by atoms with Crippen molar-refractivity contribution >= 4 is 10.8 Å². The molecule has 7 rings (SSSR count). The van der Waals surface area contributed by atoms with Gasteiger partial charge >= 0.3 is 0 Å². The van der Waals surface area contributed by atoms with Gasteiger partial charge in [-0.1, -0.05) is 12.1 Å². The van der Waals surface area contributed by atoms with E-state index in [0.717, 1.165) is 17.8 Å². The molecule has 0 unspecified atom stereocenters. The van der Waals surface area contributed by atoms with Crippen molar-refractivity contribution in [2.24, 2.45) is 24.8 Å². The molecule has 4 bridgehead atoms. The van der Waals surface area contributed by atoms with Crippen LogP contribution in [0.3, 0.4) is 0 Å². The van der Waals surface area contributed by atoms with E-state index in [0.29, 0.717) is 5.41 Å². The summed E-state index contributed by atoms with van der Waals surface area (Å²) in [6.07, 6.45) is 14.9. The number of pyridine rings is 2. The van der Waals surface area contributed by atoms with E-state index < -0.39 is 0 Å². The molecule has 0 amide bonds. The zero-order valence-electron chi connectivity index (χ0n) is 17.0. The van der Waals surface area contributed by atoms with E-state index in [1.165, 1.54) is 66.1 Å². The average molecular weight is 370 g/mol. The van der Waals surface area contributed by atoms with Gasteiger partial charge < -0.3 is 0 Å². The summed E-state index contributed by atoms with van der Waals surface area (Å²) in [7, 11) is 2.15. The Bertz CT molecular complexity index is 1050. The maximum absolute atomic E-state index is 4.40. The van der Waals surface area contributed by atoms with Gasteiger partial charge in [0.05, 0.1) is 10.9 Å². The number of benzene rings is 1. The normalized spacial score (nSPS) is 30.9. The smallest absolute Gasteiger partial charge is 0.221 e. The maximum Gasteiger partial charge on any atom is 0.221 e. The van der Waals surface area contributed by atoms with E-state index in [4.69, 9.17) is 0 Å². The number of aryl methyl sites for hydroxylation is 2. The molecule has 1 aromatic carbocycles. The van der Waals surface area contributed by atoms with Crippen molar-refractivity contribution in [3.05, 3.63) is 60.0 Å². The summed E-state index contributed by atoms with van der Waals surface area (Å²) < 4.78 is 2.25. The average Bonchev–Trinajstić information content (AvgIpc) is 2.67. The molecule has 0 radical (unpaired) electrons. The predicted molar refractivity (Wildman–Crippen MR) is 113 cm³/mol. The standard InChI is InChI=1S/C26H29N2/c1-17-5-7-27-16-24(17)25-23-4-3-22(12-21(23)6-8-28(25)2)26-13-18-9-19(14-26)11-20(10-18)15-26/h3-8,12,16,18-20H,9-11,13-15H2,1-2H3/q+1. The molecule has 2 nitrogen and oxygen atoms in total. The highest BCUT2D eigenvalue weighted by atomic mass is 14.9. The fraction of sp³-hybridized carbons (Fsp3) is 0.462. The minimum Gasteiger partial charge on any atom is -0.264 e. The second kappa shape index (κ2) is 5.89. The quantitative estimate of drug-likeness (QED) is 0.545. The van der Waals surface area contributed by atoms with Crippen LogP contribution in [0.1, 0.15) is 49.7 Å². The Morgan fingerprint density at radius 3 is 2.36 bits per heavy atom. The molecule has 0 atom stereocenters. The highest BCUT2D eigenvalue weighted by molar-refractivity contribution is 5.93. The number of rotatable bonds is 2. The molecule has 0 aliphatic heterocycles. The van der Waals surface area contributed by atoms with Crippen molar-refractivity contribution in [3.63, 3.8) is 0 Å². The van der Waals surface area contributed by atoms with Gasteiger partial charge in [-0.3, -0.25) is 4.98 Å². The molecule has 4 aliphatic carbocycles. The van der Waals surface area contributed by atoms with Crippen molar-refractivity contribution < 1.29 is 4.57 Å². The first-order valence-electron chi connectivity index (χ1n) is 11.0. The van der Waals surface area contributed by atoms with Crippen LogP contribution in [0, 0.1) is 24.7 Å². The zero-order chi connectivity index (χ0) is 18.9. The van der Waals surface area contributed by atoms with E-state index in [1.54, 1.807) is 5.56 Å². The first kappa shape index (κ1) is 16.7. The lowest BCUT2D eigenvalue weighted by Gasteiger charge is -2.57. The molecule has 0 spiro atoms. The number of aromatic nitrogens is 2. The van der Waals surface area contributed by atoms with Crippen LogP contribution in [-0.4, -0.2) is 4.98 Å². The highest BCUT2D eigenvalue weighted by Gasteiger charge is 2.51. The van der Waals surface area contributed by atoms with Crippen LogP contribution in [0.2, 0.25) is 0 Å². The summed E-state index contributed by atoms with van der Waals surface area (Å²) in [5.74, 6) is 2.97. The summed E-state index contributed by atoms with van der Waals surface area (Å²) in [4.78, 5) is 4.40. The number of hydrogen-bond donors (Lipinski definition) is 0. The van der Waals surface area contributed by atoms with Gasteiger partial charge in [0.15, 0.2) is 6.20 Å². The lowest BCUT2D eigenvalue weighted by atomic mass is 9.48. The molecule has 2 aromatic heterocycles. The Balaban J connectivity index is 1.50. The number of nitrogens with zero attached hydrogens (tertiary/aromatic N) is 2. The fourth-order valence-corrected chi connectivity index (χ4v) is 7.21. The Kier molecular flexibility index (Phi) is 3.51. The van der Waals surface area contributed by atoms with Crippen LogP contribution in [0.5, 0.6) is 0 Å². The molecule has 2 heteroatoms. The van der Waals surface area contributed by atoms with Crippen LogP contribution < -0.4 is 4.57 Å². The van der Waals surface area contributed by atoms with Crippen molar-refractivity contribution in [2.75, 3.05) is 0 Å². The fourth-order valence-electron chi connectivity index (χ4n) is 7.21. The Hall–Kier alpha value is -2.22. The van der Waals surface area contributed by atoms with Gasteiger partial charge in [-0.15, -0.1) is 0 Å². The topological polar surface area (TPSA) is 16.8 Å². The summed E-state index contributed by atoms with van der Waals surface area (Å²) in [6.45, 7) is 2.18.